The lowest BCUT2D eigenvalue weighted by molar-refractivity contribution is -0.146. The summed E-state index contributed by atoms with van der Waals surface area (Å²) in [6.45, 7) is 7.99. The second-order valence-corrected chi connectivity index (χ2v) is 9.73. The molecule has 1 aromatic rings. The molecule has 0 spiro atoms. The Bertz CT molecular complexity index is 855. The summed E-state index contributed by atoms with van der Waals surface area (Å²) in [6, 6.07) is 7.76. The summed E-state index contributed by atoms with van der Waals surface area (Å²) >= 11 is 0. The molecule has 0 radical (unpaired) electrons. The Labute approximate surface area is 201 Å². The maximum atomic E-state index is 13.1. The van der Waals surface area contributed by atoms with Crippen molar-refractivity contribution in [2.75, 3.05) is 13.7 Å². The van der Waals surface area contributed by atoms with Crippen LogP contribution in [0.2, 0.25) is 0 Å². The van der Waals surface area contributed by atoms with E-state index < -0.39 is 35.7 Å². The molecule has 1 saturated heterocycles. The Morgan fingerprint density at radius 3 is 2.35 bits per heavy atom. The fourth-order valence-electron chi connectivity index (χ4n) is 4.03. The van der Waals surface area contributed by atoms with Crippen LogP contribution in [0.5, 0.6) is 0 Å². The fraction of sp³-hybridized carbons (Fsp3) is 0.600. The summed E-state index contributed by atoms with van der Waals surface area (Å²) in [6.07, 6.45) is 0.853. The molecule has 1 aromatic carbocycles. The number of hydrogen-bond donors (Lipinski definition) is 3. The highest BCUT2D eigenvalue weighted by Gasteiger charge is 2.34. The average molecular weight is 476 g/mol. The van der Waals surface area contributed by atoms with Gasteiger partial charge in [-0.25, -0.2) is 9.59 Å². The maximum Gasteiger partial charge on any atom is 0.408 e. The Kier molecular flexibility index (Phi) is 9.89. The van der Waals surface area contributed by atoms with E-state index in [2.05, 4.69) is 16.0 Å². The summed E-state index contributed by atoms with van der Waals surface area (Å²) in [5.74, 6) is -1.61. The van der Waals surface area contributed by atoms with Crippen molar-refractivity contribution >= 4 is 23.9 Å². The number of benzene rings is 1. The smallest absolute Gasteiger partial charge is 0.408 e. The van der Waals surface area contributed by atoms with Crippen molar-refractivity contribution in [1.82, 2.24) is 16.0 Å². The highest BCUT2D eigenvalue weighted by molar-refractivity contribution is 5.90. The van der Waals surface area contributed by atoms with Crippen LogP contribution in [0.4, 0.5) is 4.79 Å². The van der Waals surface area contributed by atoms with Crippen LogP contribution < -0.4 is 16.0 Å². The minimum absolute atomic E-state index is 0.0885. The van der Waals surface area contributed by atoms with E-state index in [0.29, 0.717) is 25.8 Å². The van der Waals surface area contributed by atoms with Crippen LogP contribution in [0, 0.1) is 11.8 Å². The number of nitrogens with one attached hydrogen (secondary N) is 3. The van der Waals surface area contributed by atoms with Gasteiger partial charge in [-0.3, -0.25) is 9.59 Å². The lowest BCUT2D eigenvalue weighted by Gasteiger charge is -2.28. The number of alkyl carbamates (subject to hydrolysis) is 1. The largest absolute Gasteiger partial charge is 0.467 e. The van der Waals surface area contributed by atoms with Crippen LogP contribution in [0.3, 0.4) is 0 Å². The third-order valence-corrected chi connectivity index (χ3v) is 5.64. The Balaban J connectivity index is 2.04. The van der Waals surface area contributed by atoms with Crippen molar-refractivity contribution in [2.45, 2.75) is 71.1 Å². The van der Waals surface area contributed by atoms with Gasteiger partial charge in [0.05, 0.1) is 7.11 Å². The standard InChI is InChI=1S/C25H37N3O6/c1-16(2)13-19(28-24(32)34-25(3,4)15-17-9-7-6-8-10-17)22(30)27-20(23(31)33-5)14-18-11-12-26-21(18)29/h6-10,16,18-20H,11-15H2,1-5H3,(H,26,29)(H,27,30)(H,28,32)/t18-,19-,20-/m0/s1. The summed E-state index contributed by atoms with van der Waals surface area (Å²) in [4.78, 5) is 50.0. The molecular weight excluding hydrogens is 438 g/mol. The molecular formula is C25H37N3O6. The van der Waals surface area contributed by atoms with Crippen molar-refractivity contribution in [3.63, 3.8) is 0 Å². The van der Waals surface area contributed by atoms with Crippen molar-refractivity contribution < 1.29 is 28.7 Å². The van der Waals surface area contributed by atoms with Crippen molar-refractivity contribution in [1.29, 1.82) is 0 Å². The lowest BCUT2D eigenvalue weighted by Crippen LogP contribution is -2.53. The molecule has 1 aliphatic heterocycles. The van der Waals surface area contributed by atoms with Gasteiger partial charge in [0, 0.05) is 18.9 Å². The SMILES string of the molecule is COC(=O)[C@H](C[C@@H]1CCNC1=O)NC(=O)[C@H](CC(C)C)NC(=O)OC(C)(C)Cc1ccccc1. The normalized spacial score (nSPS) is 17.5. The Morgan fingerprint density at radius 2 is 1.79 bits per heavy atom. The van der Waals surface area contributed by atoms with Crippen molar-refractivity contribution in [3.05, 3.63) is 35.9 Å². The third kappa shape index (κ3) is 8.68. The van der Waals surface area contributed by atoms with E-state index in [-0.39, 0.29) is 24.2 Å². The first-order valence-corrected chi connectivity index (χ1v) is 11.7. The first-order valence-electron chi connectivity index (χ1n) is 11.7. The molecule has 188 valence electrons. The Morgan fingerprint density at radius 1 is 1.12 bits per heavy atom. The number of amides is 3. The third-order valence-electron chi connectivity index (χ3n) is 5.64. The zero-order valence-corrected chi connectivity index (χ0v) is 20.7. The zero-order valence-electron chi connectivity index (χ0n) is 20.7. The van der Waals surface area contributed by atoms with E-state index in [1.807, 2.05) is 44.2 Å². The van der Waals surface area contributed by atoms with E-state index in [1.54, 1.807) is 13.8 Å². The first-order chi connectivity index (χ1) is 16.0. The number of ether oxygens (including phenoxy) is 2. The topological polar surface area (TPSA) is 123 Å². The molecule has 34 heavy (non-hydrogen) atoms. The molecule has 3 amide bonds. The number of rotatable bonds is 11. The van der Waals surface area contributed by atoms with Gasteiger partial charge in [0.1, 0.15) is 17.7 Å². The van der Waals surface area contributed by atoms with Gasteiger partial charge >= 0.3 is 12.1 Å². The quantitative estimate of drug-likeness (QED) is 0.422. The highest BCUT2D eigenvalue weighted by atomic mass is 16.6. The molecule has 1 heterocycles. The molecule has 1 fully saturated rings. The number of carbonyl (C=O) groups excluding carboxylic acids is 4. The predicted molar refractivity (Wildman–Crippen MR) is 127 cm³/mol. The van der Waals surface area contributed by atoms with Gasteiger partial charge in [-0.15, -0.1) is 0 Å². The molecule has 3 atom stereocenters. The van der Waals surface area contributed by atoms with Gasteiger partial charge in [0.25, 0.3) is 0 Å². The molecule has 0 aliphatic carbocycles. The molecule has 9 heteroatoms. The van der Waals surface area contributed by atoms with Crippen LogP contribution >= 0.6 is 0 Å². The van der Waals surface area contributed by atoms with Crippen molar-refractivity contribution in [3.8, 4) is 0 Å². The lowest BCUT2D eigenvalue weighted by atomic mass is 9.97. The van der Waals surface area contributed by atoms with Crippen LogP contribution in [-0.4, -0.2) is 55.2 Å². The van der Waals surface area contributed by atoms with Gasteiger partial charge in [-0.1, -0.05) is 44.2 Å². The second-order valence-electron chi connectivity index (χ2n) is 9.73. The molecule has 3 N–H and O–H groups in total. The monoisotopic (exact) mass is 475 g/mol. The van der Waals surface area contributed by atoms with E-state index >= 15 is 0 Å². The first kappa shape index (κ1) is 27.1. The fourth-order valence-corrected chi connectivity index (χ4v) is 4.03. The molecule has 0 aromatic heterocycles. The average Bonchev–Trinajstić information content (AvgIpc) is 3.16. The molecule has 2 rings (SSSR count). The summed E-state index contributed by atoms with van der Waals surface area (Å²) in [5.41, 5.74) is 0.225. The van der Waals surface area contributed by atoms with Gasteiger partial charge < -0.3 is 25.4 Å². The summed E-state index contributed by atoms with van der Waals surface area (Å²) < 4.78 is 10.5. The predicted octanol–water partition coefficient (Wildman–Crippen LogP) is 2.33. The van der Waals surface area contributed by atoms with Crippen LogP contribution in [-0.2, 0) is 30.3 Å². The number of esters is 1. The molecule has 0 unspecified atom stereocenters. The Hall–Kier alpha value is -3.10. The van der Waals surface area contributed by atoms with Crippen LogP contribution in [0.15, 0.2) is 30.3 Å². The van der Waals surface area contributed by atoms with Gasteiger partial charge in [-0.05, 0) is 44.6 Å². The minimum Gasteiger partial charge on any atom is -0.467 e. The van der Waals surface area contributed by atoms with Gasteiger partial charge in [-0.2, -0.15) is 0 Å². The molecule has 0 saturated carbocycles. The second kappa shape index (κ2) is 12.4. The molecule has 1 aliphatic rings. The summed E-state index contributed by atoms with van der Waals surface area (Å²) in [5, 5.41) is 8.04. The van der Waals surface area contributed by atoms with E-state index in [4.69, 9.17) is 9.47 Å². The molecule has 0 bridgehead atoms. The number of methoxy groups -OCH3 is 1. The summed E-state index contributed by atoms with van der Waals surface area (Å²) in [7, 11) is 1.23. The van der Waals surface area contributed by atoms with Crippen LogP contribution in [0.1, 0.15) is 52.5 Å². The van der Waals surface area contributed by atoms with E-state index in [9.17, 15) is 19.2 Å². The highest BCUT2D eigenvalue weighted by Crippen LogP contribution is 2.19. The van der Waals surface area contributed by atoms with Gasteiger partial charge in [0.2, 0.25) is 11.8 Å². The van der Waals surface area contributed by atoms with Crippen molar-refractivity contribution in [2.24, 2.45) is 11.8 Å². The number of hydrogen-bond acceptors (Lipinski definition) is 6. The van der Waals surface area contributed by atoms with E-state index in [1.165, 1.54) is 7.11 Å². The van der Waals surface area contributed by atoms with E-state index in [0.717, 1.165) is 5.56 Å². The zero-order chi connectivity index (χ0) is 25.3. The maximum absolute atomic E-state index is 13.1. The number of carbonyl (C=O) groups is 4. The molecule has 9 nitrogen and oxygen atoms in total. The van der Waals surface area contributed by atoms with Crippen LogP contribution in [0.25, 0.3) is 0 Å². The minimum atomic E-state index is -0.992. The van der Waals surface area contributed by atoms with Gasteiger partial charge in [0.15, 0.2) is 0 Å².